The van der Waals surface area contributed by atoms with Crippen LogP contribution in [0.1, 0.15) is 38.1 Å². The van der Waals surface area contributed by atoms with Crippen LogP contribution >= 0.6 is 11.3 Å². The van der Waals surface area contributed by atoms with Gasteiger partial charge in [0.1, 0.15) is 0 Å². The van der Waals surface area contributed by atoms with Gasteiger partial charge in [-0.25, -0.2) is 0 Å². The van der Waals surface area contributed by atoms with Gasteiger partial charge in [-0.1, -0.05) is 32.0 Å². The minimum Gasteiger partial charge on any atom is -0.396 e. The number of nitrogens with two attached hydrogens (primary N) is 1. The summed E-state index contributed by atoms with van der Waals surface area (Å²) in [6.45, 7) is 9.02. The third-order valence-electron chi connectivity index (χ3n) is 3.95. The second kappa shape index (κ2) is 4.01. The Morgan fingerprint density at radius 3 is 2.58 bits per heavy atom. The molecule has 3 rings (SSSR count). The highest BCUT2D eigenvalue weighted by molar-refractivity contribution is 7.11. The van der Waals surface area contributed by atoms with Gasteiger partial charge in [-0.15, -0.1) is 11.3 Å². The van der Waals surface area contributed by atoms with Gasteiger partial charge in [0, 0.05) is 27.4 Å². The molecule has 0 atom stereocenters. The van der Waals surface area contributed by atoms with Gasteiger partial charge in [-0.05, 0) is 25.5 Å². The Morgan fingerprint density at radius 2 is 1.89 bits per heavy atom. The van der Waals surface area contributed by atoms with Crippen molar-refractivity contribution in [3.63, 3.8) is 0 Å². The smallest absolute Gasteiger partial charge is 0.0797 e. The highest BCUT2D eigenvalue weighted by atomic mass is 32.1. The van der Waals surface area contributed by atoms with Gasteiger partial charge in [-0.3, -0.25) is 0 Å². The molecular weight excluding hydrogens is 252 g/mol. The van der Waals surface area contributed by atoms with Crippen molar-refractivity contribution < 1.29 is 0 Å². The lowest BCUT2D eigenvalue weighted by Gasteiger charge is -2.42. The van der Waals surface area contributed by atoms with Gasteiger partial charge in [0.25, 0.3) is 0 Å². The fourth-order valence-corrected chi connectivity index (χ4v) is 4.14. The molecule has 2 heterocycles. The molecule has 0 saturated heterocycles. The molecule has 19 heavy (non-hydrogen) atoms. The molecule has 2 N–H and O–H groups in total. The molecule has 1 aromatic carbocycles. The lowest BCUT2D eigenvalue weighted by molar-refractivity contribution is 0.627. The molecule has 1 aliphatic rings. The zero-order valence-electron chi connectivity index (χ0n) is 11.9. The summed E-state index contributed by atoms with van der Waals surface area (Å²) in [5, 5.41) is 2.08. The maximum atomic E-state index is 6.24. The molecule has 0 unspecified atom stereocenters. The number of anilines is 3. The molecule has 2 aromatic rings. The summed E-state index contributed by atoms with van der Waals surface area (Å²) in [7, 11) is 0. The van der Waals surface area contributed by atoms with Crippen molar-refractivity contribution >= 4 is 28.4 Å². The first-order chi connectivity index (χ1) is 8.94. The number of hydrogen-bond donors (Lipinski definition) is 1. The van der Waals surface area contributed by atoms with E-state index in [-0.39, 0.29) is 5.41 Å². The average molecular weight is 272 g/mol. The van der Waals surface area contributed by atoms with Crippen LogP contribution in [0.15, 0.2) is 29.6 Å². The van der Waals surface area contributed by atoms with Gasteiger partial charge < -0.3 is 10.6 Å². The topological polar surface area (TPSA) is 29.3 Å². The number of rotatable bonds is 1. The van der Waals surface area contributed by atoms with E-state index in [9.17, 15) is 0 Å². The molecule has 2 nitrogen and oxygen atoms in total. The van der Waals surface area contributed by atoms with Crippen molar-refractivity contribution in [2.24, 2.45) is 0 Å². The zero-order valence-corrected chi connectivity index (χ0v) is 12.7. The maximum Gasteiger partial charge on any atom is 0.0797 e. The van der Waals surface area contributed by atoms with Crippen molar-refractivity contribution in [1.29, 1.82) is 0 Å². The van der Waals surface area contributed by atoms with Crippen LogP contribution in [0.25, 0.3) is 0 Å². The van der Waals surface area contributed by atoms with Crippen molar-refractivity contribution in [3.8, 4) is 0 Å². The monoisotopic (exact) mass is 272 g/mol. The van der Waals surface area contributed by atoms with Crippen LogP contribution in [0.4, 0.5) is 17.1 Å². The predicted molar refractivity (Wildman–Crippen MR) is 84.6 cm³/mol. The highest BCUT2D eigenvalue weighted by Gasteiger charge is 2.39. The van der Waals surface area contributed by atoms with E-state index in [1.165, 1.54) is 21.8 Å². The lowest BCUT2D eigenvalue weighted by Crippen LogP contribution is -2.35. The van der Waals surface area contributed by atoms with E-state index < -0.39 is 0 Å². The quantitative estimate of drug-likeness (QED) is 0.827. The number of hydrogen-bond acceptors (Lipinski definition) is 3. The Labute approximate surface area is 118 Å². The first kappa shape index (κ1) is 12.5. The lowest BCUT2D eigenvalue weighted by atomic mass is 9.78. The maximum absolute atomic E-state index is 6.24. The molecule has 0 amide bonds. The summed E-state index contributed by atoms with van der Waals surface area (Å²) < 4.78 is 0. The molecule has 100 valence electrons. The first-order valence-corrected chi connectivity index (χ1v) is 7.58. The van der Waals surface area contributed by atoms with E-state index in [0.717, 1.165) is 5.69 Å². The molecular formula is C16H20N2S. The van der Waals surface area contributed by atoms with Crippen LogP contribution in [0.2, 0.25) is 0 Å². The summed E-state index contributed by atoms with van der Waals surface area (Å²) in [4.78, 5) is 3.75. The summed E-state index contributed by atoms with van der Waals surface area (Å²) in [6.07, 6.45) is 0. The molecule has 0 aliphatic carbocycles. The second-order valence-electron chi connectivity index (χ2n) is 5.97. The minimum absolute atomic E-state index is 0.0274. The number of benzene rings is 1. The Kier molecular flexibility index (Phi) is 2.65. The van der Waals surface area contributed by atoms with E-state index in [1.807, 2.05) is 0 Å². The van der Waals surface area contributed by atoms with E-state index in [2.05, 4.69) is 62.2 Å². The largest absolute Gasteiger partial charge is 0.396 e. The Bertz CT molecular complexity index is 625. The average Bonchev–Trinajstić information content (AvgIpc) is 2.73. The van der Waals surface area contributed by atoms with Crippen molar-refractivity contribution in [1.82, 2.24) is 0 Å². The van der Waals surface area contributed by atoms with Crippen LogP contribution in [-0.4, -0.2) is 6.04 Å². The van der Waals surface area contributed by atoms with Gasteiger partial charge in [0.2, 0.25) is 0 Å². The number of thiophene rings is 1. The fraction of sp³-hybridized carbons (Fsp3) is 0.375. The summed E-state index contributed by atoms with van der Waals surface area (Å²) >= 11 is 1.78. The predicted octanol–water partition coefficient (Wildman–Crippen LogP) is 4.52. The van der Waals surface area contributed by atoms with Gasteiger partial charge in [-0.2, -0.15) is 0 Å². The molecule has 3 heteroatoms. The zero-order chi connectivity index (χ0) is 13.8. The molecule has 0 bridgehead atoms. The van der Waals surface area contributed by atoms with E-state index in [0.29, 0.717) is 6.04 Å². The molecule has 0 saturated carbocycles. The SMILES string of the molecule is CC(C)N1c2ccccc2C(C)(C)c2scc(N)c21. The van der Waals surface area contributed by atoms with Gasteiger partial charge in [0.15, 0.2) is 0 Å². The first-order valence-electron chi connectivity index (χ1n) is 6.70. The summed E-state index contributed by atoms with van der Waals surface area (Å²) in [6, 6.07) is 9.08. The standard InChI is InChI=1S/C16H20N2S/c1-10(2)18-13-8-6-5-7-11(13)16(3,4)15-14(18)12(17)9-19-15/h5-10H,17H2,1-4H3. The van der Waals surface area contributed by atoms with Crippen molar-refractivity contribution in [2.75, 3.05) is 10.6 Å². The third-order valence-corrected chi connectivity index (χ3v) is 5.27. The van der Waals surface area contributed by atoms with E-state index in [4.69, 9.17) is 5.73 Å². The normalized spacial score (nSPS) is 16.4. The molecule has 0 radical (unpaired) electrons. The number of para-hydroxylation sites is 1. The fourth-order valence-electron chi connectivity index (χ4n) is 3.05. The number of nitrogens with zero attached hydrogens (tertiary/aromatic N) is 1. The van der Waals surface area contributed by atoms with Crippen LogP contribution in [0.3, 0.4) is 0 Å². The Balaban J connectivity index is 2.35. The minimum atomic E-state index is 0.0274. The van der Waals surface area contributed by atoms with Crippen LogP contribution < -0.4 is 10.6 Å². The van der Waals surface area contributed by atoms with Gasteiger partial charge in [0.05, 0.1) is 11.4 Å². The highest BCUT2D eigenvalue weighted by Crippen LogP contribution is 2.54. The van der Waals surface area contributed by atoms with Crippen LogP contribution in [0.5, 0.6) is 0 Å². The summed E-state index contributed by atoms with van der Waals surface area (Å²) in [5.74, 6) is 0. The molecule has 0 spiro atoms. The van der Waals surface area contributed by atoms with Crippen molar-refractivity contribution in [3.05, 3.63) is 40.1 Å². The number of nitrogen functional groups attached to an aromatic ring is 1. The van der Waals surface area contributed by atoms with Crippen LogP contribution in [0, 0.1) is 0 Å². The second-order valence-corrected chi connectivity index (χ2v) is 6.85. The van der Waals surface area contributed by atoms with Crippen LogP contribution in [-0.2, 0) is 5.41 Å². The number of fused-ring (bicyclic) bond motifs is 2. The van der Waals surface area contributed by atoms with Gasteiger partial charge >= 0.3 is 0 Å². The summed E-state index contributed by atoms with van der Waals surface area (Å²) in [5.41, 5.74) is 11.1. The molecule has 0 fully saturated rings. The molecule has 1 aliphatic heterocycles. The van der Waals surface area contributed by atoms with E-state index >= 15 is 0 Å². The van der Waals surface area contributed by atoms with Crippen molar-refractivity contribution in [2.45, 2.75) is 39.2 Å². The third kappa shape index (κ3) is 1.61. The Hall–Kier alpha value is -1.48. The molecule has 1 aromatic heterocycles. The van der Waals surface area contributed by atoms with E-state index in [1.54, 1.807) is 11.3 Å². The Morgan fingerprint density at radius 1 is 1.21 bits per heavy atom.